The fourth-order valence-corrected chi connectivity index (χ4v) is 1.96. The first-order chi connectivity index (χ1) is 7.09. The van der Waals surface area contributed by atoms with Crippen molar-refractivity contribution < 1.29 is 4.79 Å². The van der Waals surface area contributed by atoms with E-state index in [1.54, 1.807) is 18.6 Å². The van der Waals surface area contributed by atoms with Crippen LogP contribution in [0.15, 0.2) is 18.6 Å². The lowest BCUT2D eigenvalue weighted by Crippen LogP contribution is -2.46. The summed E-state index contributed by atoms with van der Waals surface area (Å²) >= 11 is 0. The molecule has 3 heterocycles. The monoisotopic (exact) mass is 202 g/mol. The van der Waals surface area contributed by atoms with Gasteiger partial charge in [0, 0.05) is 0 Å². The number of hydrogen-bond donors (Lipinski definition) is 1. The molecule has 1 aliphatic rings. The molecule has 1 amide bonds. The first-order valence-electron chi connectivity index (χ1n) is 4.74. The number of rotatable bonds is 0. The van der Waals surface area contributed by atoms with Crippen molar-refractivity contribution >= 4 is 11.6 Å². The Morgan fingerprint density at radius 3 is 2.93 bits per heavy atom. The summed E-state index contributed by atoms with van der Waals surface area (Å²) in [6.45, 7) is 3.91. The van der Waals surface area contributed by atoms with Crippen molar-refractivity contribution in [3.8, 4) is 0 Å². The van der Waals surface area contributed by atoms with Crippen LogP contribution in [0.2, 0.25) is 0 Å². The van der Waals surface area contributed by atoms with Gasteiger partial charge in [0.2, 0.25) is 0 Å². The van der Waals surface area contributed by atoms with Gasteiger partial charge in [-0.15, -0.1) is 0 Å². The number of nitrogens with zero attached hydrogens (tertiary/aromatic N) is 3. The number of hydrogen-bond acceptors (Lipinski definition) is 3. The van der Waals surface area contributed by atoms with Crippen molar-refractivity contribution in [3.05, 3.63) is 30.0 Å². The van der Waals surface area contributed by atoms with Gasteiger partial charge in [-0.05, 0) is 13.8 Å². The maximum absolute atomic E-state index is 11.8. The molecule has 2 aromatic rings. The molecule has 15 heavy (non-hydrogen) atoms. The van der Waals surface area contributed by atoms with E-state index in [0.29, 0.717) is 11.3 Å². The fraction of sp³-hybridized carbons (Fsp3) is 0.300. The number of nitrogens with one attached hydrogen (secondary N) is 1. The average molecular weight is 202 g/mol. The zero-order chi connectivity index (χ0) is 10.6. The van der Waals surface area contributed by atoms with Crippen LogP contribution in [0.3, 0.4) is 0 Å². The minimum absolute atomic E-state index is 0.108. The molecule has 2 aromatic heterocycles. The van der Waals surface area contributed by atoms with E-state index in [4.69, 9.17) is 0 Å². The topological polar surface area (TPSA) is 59.3 Å². The molecular weight excluding hydrogens is 192 g/mol. The normalized spacial score (nSPS) is 17.9. The van der Waals surface area contributed by atoms with Gasteiger partial charge in [0.25, 0.3) is 5.91 Å². The highest BCUT2D eigenvalue weighted by atomic mass is 16.2. The van der Waals surface area contributed by atoms with E-state index in [2.05, 4.69) is 15.3 Å². The summed E-state index contributed by atoms with van der Waals surface area (Å²) in [6, 6.07) is 0. The van der Waals surface area contributed by atoms with Gasteiger partial charge in [-0.25, -0.2) is 4.98 Å². The number of carbonyl (C=O) groups is 1. The van der Waals surface area contributed by atoms with Crippen LogP contribution in [-0.4, -0.2) is 20.3 Å². The Morgan fingerprint density at radius 1 is 1.33 bits per heavy atom. The van der Waals surface area contributed by atoms with Crippen LogP contribution in [0.1, 0.15) is 30.0 Å². The predicted octanol–water partition coefficient (Wildman–Crippen LogP) is 0.708. The number of amides is 1. The molecule has 5 nitrogen and oxygen atoms in total. The van der Waals surface area contributed by atoms with Gasteiger partial charge < -0.3 is 5.32 Å². The summed E-state index contributed by atoms with van der Waals surface area (Å²) in [5.74, 6) is -0.108. The maximum Gasteiger partial charge on any atom is 0.270 e. The second kappa shape index (κ2) is 2.36. The first kappa shape index (κ1) is 8.40. The van der Waals surface area contributed by atoms with Gasteiger partial charge in [0.05, 0.1) is 29.8 Å². The quantitative estimate of drug-likeness (QED) is 0.684. The SMILES string of the molecule is CC1(C)NC(=O)c2cncc3ncc1n23. The molecule has 1 N–H and O–H groups in total. The van der Waals surface area contributed by atoms with Gasteiger partial charge in [-0.2, -0.15) is 0 Å². The lowest BCUT2D eigenvalue weighted by molar-refractivity contribution is 0.0887. The van der Waals surface area contributed by atoms with Crippen LogP contribution in [0, 0.1) is 0 Å². The van der Waals surface area contributed by atoms with E-state index in [0.717, 1.165) is 5.69 Å². The number of imidazole rings is 1. The van der Waals surface area contributed by atoms with Crippen LogP contribution in [0.4, 0.5) is 0 Å². The summed E-state index contributed by atoms with van der Waals surface area (Å²) in [6.07, 6.45) is 4.99. The smallest absolute Gasteiger partial charge is 0.270 e. The number of aromatic nitrogens is 3. The standard InChI is InChI=1S/C10H10N4O/c1-10(2)7-4-12-8-5-11-3-6(14(7)8)9(15)13-10/h3-5H,1-2H3,(H,13,15). The molecule has 0 radical (unpaired) electrons. The summed E-state index contributed by atoms with van der Waals surface area (Å²) in [4.78, 5) is 20.0. The lowest BCUT2D eigenvalue weighted by atomic mass is 9.99. The second-order valence-corrected chi connectivity index (χ2v) is 4.21. The van der Waals surface area contributed by atoms with Crippen molar-refractivity contribution in [2.75, 3.05) is 0 Å². The molecule has 0 saturated carbocycles. The largest absolute Gasteiger partial charge is 0.340 e. The molecule has 0 saturated heterocycles. The Balaban J connectivity index is 2.50. The molecule has 3 rings (SSSR count). The molecule has 1 aliphatic heterocycles. The Kier molecular flexibility index (Phi) is 1.32. The van der Waals surface area contributed by atoms with Crippen molar-refractivity contribution in [3.63, 3.8) is 0 Å². The van der Waals surface area contributed by atoms with Gasteiger partial charge in [-0.3, -0.25) is 14.2 Å². The molecule has 0 bridgehead atoms. The average Bonchev–Trinajstić information content (AvgIpc) is 2.58. The third-order valence-electron chi connectivity index (χ3n) is 2.72. The Morgan fingerprint density at radius 2 is 2.13 bits per heavy atom. The summed E-state index contributed by atoms with van der Waals surface area (Å²) < 4.78 is 1.85. The van der Waals surface area contributed by atoms with Crippen LogP contribution in [-0.2, 0) is 5.54 Å². The van der Waals surface area contributed by atoms with Gasteiger partial charge in [0.15, 0.2) is 5.65 Å². The summed E-state index contributed by atoms with van der Waals surface area (Å²) in [5.41, 5.74) is 1.85. The molecular formula is C10H10N4O. The van der Waals surface area contributed by atoms with Crippen molar-refractivity contribution in [1.29, 1.82) is 0 Å². The third-order valence-corrected chi connectivity index (χ3v) is 2.72. The Labute approximate surface area is 86.2 Å². The zero-order valence-corrected chi connectivity index (χ0v) is 8.48. The summed E-state index contributed by atoms with van der Waals surface area (Å²) in [7, 11) is 0. The maximum atomic E-state index is 11.8. The van der Waals surface area contributed by atoms with Crippen molar-refractivity contribution in [2.45, 2.75) is 19.4 Å². The van der Waals surface area contributed by atoms with Crippen LogP contribution in [0.5, 0.6) is 0 Å². The zero-order valence-electron chi connectivity index (χ0n) is 8.48. The van der Waals surface area contributed by atoms with E-state index in [1.165, 1.54) is 0 Å². The van der Waals surface area contributed by atoms with Gasteiger partial charge >= 0.3 is 0 Å². The third kappa shape index (κ3) is 0.945. The molecule has 0 aromatic carbocycles. The molecule has 0 unspecified atom stereocenters. The van der Waals surface area contributed by atoms with Crippen LogP contribution in [0.25, 0.3) is 5.65 Å². The second-order valence-electron chi connectivity index (χ2n) is 4.21. The van der Waals surface area contributed by atoms with E-state index in [-0.39, 0.29) is 11.4 Å². The van der Waals surface area contributed by atoms with E-state index >= 15 is 0 Å². The molecule has 0 spiro atoms. The highest BCUT2D eigenvalue weighted by molar-refractivity contribution is 5.94. The molecule has 0 aliphatic carbocycles. The van der Waals surface area contributed by atoms with E-state index in [1.807, 2.05) is 18.2 Å². The van der Waals surface area contributed by atoms with E-state index < -0.39 is 0 Å². The fourth-order valence-electron chi connectivity index (χ4n) is 1.96. The van der Waals surface area contributed by atoms with Crippen LogP contribution >= 0.6 is 0 Å². The van der Waals surface area contributed by atoms with Crippen LogP contribution < -0.4 is 5.32 Å². The summed E-state index contributed by atoms with van der Waals surface area (Å²) in [5, 5.41) is 2.92. The van der Waals surface area contributed by atoms with Crippen molar-refractivity contribution in [1.82, 2.24) is 19.7 Å². The molecule has 0 atom stereocenters. The minimum atomic E-state index is -0.384. The lowest BCUT2D eigenvalue weighted by Gasteiger charge is -2.30. The molecule has 0 fully saturated rings. The minimum Gasteiger partial charge on any atom is -0.340 e. The Bertz CT molecular complexity index is 570. The highest BCUT2D eigenvalue weighted by Gasteiger charge is 2.33. The molecule has 76 valence electrons. The Hall–Kier alpha value is -1.91. The highest BCUT2D eigenvalue weighted by Crippen LogP contribution is 2.26. The van der Waals surface area contributed by atoms with Crippen molar-refractivity contribution in [2.24, 2.45) is 0 Å². The first-order valence-corrected chi connectivity index (χ1v) is 4.74. The predicted molar refractivity (Wildman–Crippen MR) is 53.5 cm³/mol. The number of carbonyl (C=O) groups excluding carboxylic acids is 1. The molecule has 5 heteroatoms. The van der Waals surface area contributed by atoms with Gasteiger partial charge in [0.1, 0.15) is 5.69 Å². The van der Waals surface area contributed by atoms with E-state index in [9.17, 15) is 4.79 Å². The van der Waals surface area contributed by atoms with Gasteiger partial charge in [-0.1, -0.05) is 0 Å².